The number of aromatic nitrogens is 2. The number of nitrogens with one attached hydrogen (secondary N) is 1. The van der Waals surface area contributed by atoms with Crippen molar-refractivity contribution < 1.29 is 17.9 Å². The summed E-state index contributed by atoms with van der Waals surface area (Å²) in [6.07, 6.45) is 5.30. The first-order chi connectivity index (χ1) is 14.5. The van der Waals surface area contributed by atoms with Crippen molar-refractivity contribution in [2.45, 2.75) is 37.2 Å². The highest BCUT2D eigenvalue weighted by Crippen LogP contribution is 2.34. The van der Waals surface area contributed by atoms with Crippen molar-refractivity contribution in [3.63, 3.8) is 0 Å². The van der Waals surface area contributed by atoms with Gasteiger partial charge in [-0.3, -0.25) is 4.79 Å². The Bertz CT molecular complexity index is 1010. The first-order valence-corrected chi connectivity index (χ1v) is 11.6. The SMILES string of the molecule is CCCCC1Oc2ccc(S(=O)(=O)N3CCN(c4ncccn4)CC3)cc2NC1=O. The monoisotopic (exact) mass is 431 g/mol. The van der Waals surface area contributed by atoms with Crippen LogP contribution in [0.3, 0.4) is 0 Å². The van der Waals surface area contributed by atoms with Crippen LogP contribution in [0.5, 0.6) is 5.75 Å². The molecule has 2 aromatic rings. The third-order valence-electron chi connectivity index (χ3n) is 5.30. The average Bonchev–Trinajstić information content (AvgIpc) is 2.78. The minimum atomic E-state index is -3.69. The van der Waals surface area contributed by atoms with Gasteiger partial charge in [0.05, 0.1) is 10.6 Å². The third kappa shape index (κ3) is 4.10. The van der Waals surface area contributed by atoms with Crippen LogP contribution in [0, 0.1) is 0 Å². The molecule has 1 aromatic carbocycles. The van der Waals surface area contributed by atoms with E-state index in [0.717, 1.165) is 12.8 Å². The fourth-order valence-corrected chi connectivity index (χ4v) is 5.05. The number of benzene rings is 1. The summed E-state index contributed by atoms with van der Waals surface area (Å²) in [5.41, 5.74) is 0.394. The van der Waals surface area contributed by atoms with E-state index in [1.807, 2.05) is 4.90 Å². The zero-order chi connectivity index (χ0) is 21.1. The molecule has 1 amide bonds. The van der Waals surface area contributed by atoms with Crippen molar-refractivity contribution in [2.75, 3.05) is 36.4 Å². The van der Waals surface area contributed by atoms with Crippen LogP contribution in [0.1, 0.15) is 26.2 Å². The van der Waals surface area contributed by atoms with Gasteiger partial charge in [0, 0.05) is 38.6 Å². The lowest BCUT2D eigenvalue weighted by Crippen LogP contribution is -2.49. The lowest BCUT2D eigenvalue weighted by molar-refractivity contribution is -0.123. The van der Waals surface area contributed by atoms with Gasteiger partial charge in [-0.1, -0.05) is 13.3 Å². The van der Waals surface area contributed by atoms with Crippen molar-refractivity contribution in [3.05, 3.63) is 36.7 Å². The quantitative estimate of drug-likeness (QED) is 0.744. The molecule has 1 fully saturated rings. The van der Waals surface area contributed by atoms with E-state index in [4.69, 9.17) is 4.74 Å². The zero-order valence-electron chi connectivity index (χ0n) is 16.8. The summed E-state index contributed by atoms with van der Waals surface area (Å²) in [5, 5.41) is 2.79. The van der Waals surface area contributed by atoms with Crippen molar-refractivity contribution >= 4 is 27.6 Å². The Balaban J connectivity index is 1.47. The van der Waals surface area contributed by atoms with E-state index in [-0.39, 0.29) is 10.8 Å². The van der Waals surface area contributed by atoms with E-state index in [2.05, 4.69) is 22.2 Å². The summed E-state index contributed by atoms with van der Waals surface area (Å²) < 4.78 is 33.5. The van der Waals surface area contributed by atoms with Crippen LogP contribution < -0.4 is 15.0 Å². The maximum absolute atomic E-state index is 13.1. The number of hydrogen-bond donors (Lipinski definition) is 1. The summed E-state index contributed by atoms with van der Waals surface area (Å²) in [6, 6.07) is 6.38. The first-order valence-electron chi connectivity index (χ1n) is 10.1. The van der Waals surface area contributed by atoms with Gasteiger partial charge in [0.15, 0.2) is 6.10 Å². The van der Waals surface area contributed by atoms with Crippen LogP contribution in [0.15, 0.2) is 41.6 Å². The molecule has 4 rings (SSSR count). The van der Waals surface area contributed by atoms with Gasteiger partial charge in [-0.15, -0.1) is 0 Å². The van der Waals surface area contributed by atoms with E-state index in [0.29, 0.717) is 50.0 Å². The second-order valence-electron chi connectivity index (χ2n) is 7.34. The predicted molar refractivity (Wildman–Crippen MR) is 112 cm³/mol. The van der Waals surface area contributed by atoms with E-state index in [1.165, 1.54) is 16.4 Å². The molecule has 0 bridgehead atoms. The van der Waals surface area contributed by atoms with Gasteiger partial charge in [0.2, 0.25) is 16.0 Å². The number of unbranched alkanes of at least 4 members (excludes halogenated alkanes) is 1. The number of nitrogens with zero attached hydrogens (tertiary/aromatic N) is 4. The van der Waals surface area contributed by atoms with E-state index in [9.17, 15) is 13.2 Å². The van der Waals surface area contributed by atoms with E-state index in [1.54, 1.807) is 24.5 Å². The molecular weight excluding hydrogens is 406 g/mol. The largest absolute Gasteiger partial charge is 0.478 e. The molecule has 160 valence electrons. The average molecular weight is 432 g/mol. The Labute approximate surface area is 176 Å². The third-order valence-corrected chi connectivity index (χ3v) is 7.20. The molecule has 30 heavy (non-hydrogen) atoms. The number of piperazine rings is 1. The molecular formula is C20H25N5O4S. The van der Waals surface area contributed by atoms with Gasteiger partial charge in [-0.05, 0) is 37.1 Å². The van der Waals surface area contributed by atoms with Gasteiger partial charge in [-0.2, -0.15) is 4.31 Å². The predicted octanol–water partition coefficient (Wildman–Crippen LogP) is 1.88. The van der Waals surface area contributed by atoms with Crippen LogP contribution in [-0.4, -0.2) is 60.9 Å². The number of anilines is 2. The number of carbonyl (C=O) groups is 1. The lowest BCUT2D eigenvalue weighted by atomic mass is 10.1. The molecule has 0 saturated carbocycles. The van der Waals surface area contributed by atoms with E-state index < -0.39 is 16.1 Å². The summed E-state index contributed by atoms with van der Waals surface area (Å²) in [5.74, 6) is 0.864. The number of sulfonamides is 1. The Morgan fingerprint density at radius 3 is 2.60 bits per heavy atom. The Kier molecular flexibility index (Phi) is 5.87. The van der Waals surface area contributed by atoms with Crippen molar-refractivity contribution in [1.82, 2.24) is 14.3 Å². The second kappa shape index (κ2) is 8.57. The zero-order valence-corrected chi connectivity index (χ0v) is 17.6. The highest BCUT2D eigenvalue weighted by Gasteiger charge is 2.32. The maximum atomic E-state index is 13.1. The molecule has 0 spiro atoms. The van der Waals surface area contributed by atoms with Gasteiger partial charge in [0.25, 0.3) is 5.91 Å². The maximum Gasteiger partial charge on any atom is 0.265 e. The Hall–Kier alpha value is -2.72. The minimum absolute atomic E-state index is 0.140. The lowest BCUT2D eigenvalue weighted by Gasteiger charge is -2.34. The highest BCUT2D eigenvalue weighted by molar-refractivity contribution is 7.89. The fourth-order valence-electron chi connectivity index (χ4n) is 3.60. The molecule has 1 saturated heterocycles. The molecule has 10 heteroatoms. The Morgan fingerprint density at radius 1 is 1.17 bits per heavy atom. The number of rotatable bonds is 6. The standard InChI is InChI=1S/C20H25N5O4S/c1-2-3-5-18-19(26)23-16-14-15(6-7-17(16)29-18)30(27,28)25-12-10-24(11-13-25)20-21-8-4-9-22-20/h4,6-9,14,18H,2-3,5,10-13H2,1H3,(H,23,26). The van der Waals surface area contributed by atoms with Gasteiger partial charge < -0.3 is 15.0 Å². The number of hydrogen-bond acceptors (Lipinski definition) is 7. The molecule has 2 aliphatic rings. The van der Waals surface area contributed by atoms with Gasteiger partial charge in [0.1, 0.15) is 5.75 Å². The summed E-state index contributed by atoms with van der Waals surface area (Å²) in [4.78, 5) is 22.8. The minimum Gasteiger partial charge on any atom is -0.478 e. The highest BCUT2D eigenvalue weighted by atomic mass is 32.2. The van der Waals surface area contributed by atoms with Crippen LogP contribution in [0.25, 0.3) is 0 Å². The number of fused-ring (bicyclic) bond motifs is 1. The fraction of sp³-hybridized carbons (Fsp3) is 0.450. The van der Waals surface area contributed by atoms with Crippen LogP contribution in [-0.2, 0) is 14.8 Å². The second-order valence-corrected chi connectivity index (χ2v) is 9.27. The van der Waals surface area contributed by atoms with Crippen molar-refractivity contribution in [3.8, 4) is 5.75 Å². The number of carbonyl (C=O) groups excluding carboxylic acids is 1. The number of amides is 1. The van der Waals surface area contributed by atoms with Crippen LogP contribution in [0.4, 0.5) is 11.6 Å². The normalized spacial score (nSPS) is 19.7. The van der Waals surface area contributed by atoms with Crippen molar-refractivity contribution in [2.24, 2.45) is 0 Å². The summed E-state index contributed by atoms with van der Waals surface area (Å²) in [6.45, 7) is 3.73. The molecule has 0 aliphatic carbocycles. The smallest absolute Gasteiger partial charge is 0.265 e. The van der Waals surface area contributed by atoms with Crippen LogP contribution in [0.2, 0.25) is 0 Å². The molecule has 3 heterocycles. The molecule has 9 nitrogen and oxygen atoms in total. The topological polar surface area (TPSA) is 105 Å². The molecule has 1 atom stereocenters. The number of ether oxygens (including phenoxy) is 1. The first kappa shape index (κ1) is 20.5. The molecule has 0 radical (unpaired) electrons. The Morgan fingerprint density at radius 2 is 1.90 bits per heavy atom. The molecule has 2 aliphatic heterocycles. The molecule has 1 N–H and O–H groups in total. The molecule has 1 aromatic heterocycles. The van der Waals surface area contributed by atoms with Gasteiger partial charge >= 0.3 is 0 Å². The summed E-state index contributed by atoms with van der Waals surface area (Å²) >= 11 is 0. The van der Waals surface area contributed by atoms with Crippen LogP contribution >= 0.6 is 0 Å². The molecule has 1 unspecified atom stereocenters. The van der Waals surface area contributed by atoms with E-state index >= 15 is 0 Å². The van der Waals surface area contributed by atoms with Gasteiger partial charge in [-0.25, -0.2) is 18.4 Å². The van der Waals surface area contributed by atoms with Crippen molar-refractivity contribution in [1.29, 1.82) is 0 Å². The summed E-state index contributed by atoms with van der Waals surface area (Å²) in [7, 11) is -3.69.